The molecule has 0 aliphatic heterocycles. The lowest BCUT2D eigenvalue weighted by molar-refractivity contribution is -0.187. The van der Waals surface area contributed by atoms with Crippen LogP contribution in [0.5, 0.6) is 0 Å². The maximum atomic E-state index is 12.9. The molecule has 142 valence electrons. The molecule has 2 N–H and O–H groups in total. The van der Waals surface area contributed by atoms with Crippen LogP contribution in [0.1, 0.15) is 85.5 Å². The molecule has 4 rings (SSSR count). The Morgan fingerprint density at radius 1 is 1.08 bits per heavy atom. The molecule has 0 unspecified atom stereocenters. The van der Waals surface area contributed by atoms with Crippen LogP contribution in [0, 0.1) is 33.5 Å². The summed E-state index contributed by atoms with van der Waals surface area (Å²) in [6, 6.07) is 0.373. The Bertz CT molecular complexity index is 576. The molecule has 4 saturated carbocycles. The summed E-state index contributed by atoms with van der Waals surface area (Å²) in [4.78, 5) is 12.9. The van der Waals surface area contributed by atoms with Gasteiger partial charge in [-0.3, -0.25) is 4.79 Å². The summed E-state index contributed by atoms with van der Waals surface area (Å²) in [6.45, 7) is 9.59. The predicted octanol–water partition coefficient (Wildman–Crippen LogP) is 4.68. The third-order valence-corrected chi connectivity index (χ3v) is 9.47. The lowest BCUT2D eigenvalue weighted by atomic mass is 9.40. The molecule has 0 radical (unpaired) electrons. The van der Waals surface area contributed by atoms with Crippen LogP contribution in [0.3, 0.4) is 0 Å². The second kappa shape index (κ2) is 5.47. The highest BCUT2D eigenvalue weighted by Gasteiger charge is 2.67. The highest BCUT2D eigenvalue weighted by atomic mass is 16.5. The van der Waals surface area contributed by atoms with Gasteiger partial charge in [0.05, 0.1) is 12.0 Å². The van der Waals surface area contributed by atoms with E-state index in [2.05, 4.69) is 20.8 Å². The van der Waals surface area contributed by atoms with Crippen molar-refractivity contribution in [2.24, 2.45) is 39.2 Å². The van der Waals surface area contributed by atoms with Crippen molar-refractivity contribution in [2.75, 3.05) is 6.61 Å². The van der Waals surface area contributed by atoms with Gasteiger partial charge in [0.15, 0.2) is 0 Å². The van der Waals surface area contributed by atoms with E-state index in [4.69, 9.17) is 10.5 Å². The minimum atomic E-state index is -0.286. The van der Waals surface area contributed by atoms with Crippen LogP contribution in [0.25, 0.3) is 0 Å². The standard InChI is InChI=1S/C22H37NO2/c1-5-25-18(24)21(4)10-6-9-20(3)15(21)8-12-22-13-17(23)19(2,14-22)11-7-16(20)22/h15-17H,5-14,23H2,1-4H3/t15-,16-,17-,19-,20+,21+,22-/m0/s1. The van der Waals surface area contributed by atoms with Crippen LogP contribution >= 0.6 is 0 Å². The first-order chi connectivity index (χ1) is 11.7. The van der Waals surface area contributed by atoms with E-state index in [1.165, 1.54) is 44.9 Å². The number of hydrogen-bond donors (Lipinski definition) is 1. The van der Waals surface area contributed by atoms with Gasteiger partial charge in [-0.15, -0.1) is 0 Å². The zero-order valence-electron chi connectivity index (χ0n) is 16.7. The molecular weight excluding hydrogens is 310 g/mol. The summed E-state index contributed by atoms with van der Waals surface area (Å²) in [5.41, 5.74) is 7.44. The first kappa shape index (κ1) is 17.8. The molecular formula is C22H37NO2. The summed E-state index contributed by atoms with van der Waals surface area (Å²) >= 11 is 0. The molecule has 4 fully saturated rings. The average molecular weight is 348 g/mol. The van der Waals surface area contributed by atoms with Crippen molar-refractivity contribution in [1.29, 1.82) is 0 Å². The molecule has 0 saturated heterocycles. The van der Waals surface area contributed by atoms with E-state index in [-0.39, 0.29) is 16.8 Å². The molecule has 3 nitrogen and oxygen atoms in total. The Labute approximate surface area is 153 Å². The third-order valence-electron chi connectivity index (χ3n) is 9.47. The quantitative estimate of drug-likeness (QED) is 0.738. The van der Waals surface area contributed by atoms with E-state index >= 15 is 0 Å². The molecule has 1 spiro atoms. The van der Waals surface area contributed by atoms with Crippen molar-refractivity contribution in [1.82, 2.24) is 0 Å². The number of rotatable bonds is 2. The van der Waals surface area contributed by atoms with Gasteiger partial charge in [-0.25, -0.2) is 0 Å². The fraction of sp³-hybridized carbons (Fsp3) is 0.955. The Kier molecular flexibility index (Phi) is 3.90. The molecule has 4 aliphatic carbocycles. The number of hydrogen-bond acceptors (Lipinski definition) is 3. The Hall–Kier alpha value is -0.570. The Balaban J connectivity index is 1.69. The van der Waals surface area contributed by atoms with E-state index in [1.54, 1.807) is 0 Å². The maximum absolute atomic E-state index is 12.9. The van der Waals surface area contributed by atoms with Crippen molar-refractivity contribution in [3.8, 4) is 0 Å². The second-order valence-electron chi connectivity index (χ2n) is 10.7. The van der Waals surface area contributed by atoms with Crippen molar-refractivity contribution in [2.45, 2.75) is 91.5 Å². The highest BCUT2D eigenvalue weighted by molar-refractivity contribution is 5.77. The summed E-state index contributed by atoms with van der Waals surface area (Å²) in [6.07, 6.45) is 11.0. The van der Waals surface area contributed by atoms with E-state index < -0.39 is 0 Å². The highest BCUT2D eigenvalue weighted by Crippen LogP contribution is 2.73. The number of carbonyl (C=O) groups is 1. The van der Waals surface area contributed by atoms with Crippen molar-refractivity contribution < 1.29 is 9.53 Å². The number of nitrogens with two attached hydrogens (primary N) is 1. The van der Waals surface area contributed by atoms with Gasteiger partial charge in [-0.1, -0.05) is 20.3 Å². The van der Waals surface area contributed by atoms with Crippen molar-refractivity contribution in [3.63, 3.8) is 0 Å². The third kappa shape index (κ3) is 2.23. The largest absolute Gasteiger partial charge is 0.466 e. The fourth-order valence-electron chi connectivity index (χ4n) is 8.36. The van der Waals surface area contributed by atoms with Gasteiger partial charge >= 0.3 is 5.97 Å². The number of fused-ring (bicyclic) bond motifs is 3. The second-order valence-corrected chi connectivity index (χ2v) is 10.7. The molecule has 2 bridgehead atoms. The maximum Gasteiger partial charge on any atom is 0.312 e. The van der Waals surface area contributed by atoms with Gasteiger partial charge in [0.25, 0.3) is 0 Å². The minimum Gasteiger partial charge on any atom is -0.466 e. The topological polar surface area (TPSA) is 52.3 Å². The molecule has 0 aromatic rings. The minimum absolute atomic E-state index is 0.0608. The van der Waals surface area contributed by atoms with Gasteiger partial charge in [-0.05, 0) is 93.3 Å². The van der Waals surface area contributed by atoms with Crippen LogP contribution in [0.2, 0.25) is 0 Å². The van der Waals surface area contributed by atoms with Gasteiger partial charge in [0, 0.05) is 6.04 Å². The van der Waals surface area contributed by atoms with Gasteiger partial charge < -0.3 is 10.5 Å². The fourth-order valence-corrected chi connectivity index (χ4v) is 8.36. The summed E-state index contributed by atoms with van der Waals surface area (Å²) < 4.78 is 5.55. The smallest absolute Gasteiger partial charge is 0.312 e. The summed E-state index contributed by atoms with van der Waals surface area (Å²) in [7, 11) is 0. The Morgan fingerprint density at radius 3 is 2.52 bits per heavy atom. The van der Waals surface area contributed by atoms with Crippen LogP contribution in [-0.4, -0.2) is 18.6 Å². The average Bonchev–Trinajstić information content (AvgIpc) is 2.72. The monoisotopic (exact) mass is 347 g/mol. The summed E-state index contributed by atoms with van der Waals surface area (Å²) in [5, 5.41) is 0. The van der Waals surface area contributed by atoms with Crippen LogP contribution in [0.15, 0.2) is 0 Å². The first-order valence-corrected chi connectivity index (χ1v) is 10.6. The lowest BCUT2D eigenvalue weighted by Crippen LogP contribution is -2.58. The molecule has 0 aromatic heterocycles. The SMILES string of the molecule is CCOC(=O)[C@]1(C)CCC[C@@]2(C)[C@@H]3CC[C@@]4(C)C[C@]3(CC[C@@H]21)C[C@@H]4N. The zero-order valence-corrected chi connectivity index (χ0v) is 16.7. The van der Waals surface area contributed by atoms with Crippen LogP contribution in [-0.2, 0) is 9.53 Å². The number of carbonyl (C=O) groups excluding carboxylic acids is 1. The van der Waals surface area contributed by atoms with Crippen molar-refractivity contribution >= 4 is 5.97 Å². The molecule has 4 aliphatic rings. The van der Waals surface area contributed by atoms with E-state index in [1.807, 2.05) is 6.92 Å². The van der Waals surface area contributed by atoms with Crippen molar-refractivity contribution in [3.05, 3.63) is 0 Å². The molecule has 25 heavy (non-hydrogen) atoms. The molecule has 0 heterocycles. The van der Waals surface area contributed by atoms with E-state index in [0.717, 1.165) is 18.8 Å². The predicted molar refractivity (Wildman–Crippen MR) is 99.9 cm³/mol. The van der Waals surface area contributed by atoms with Crippen LogP contribution < -0.4 is 5.73 Å². The normalized spacial score (nSPS) is 54.5. The molecule has 3 heteroatoms. The summed E-state index contributed by atoms with van der Waals surface area (Å²) in [5.74, 6) is 1.28. The van der Waals surface area contributed by atoms with E-state index in [9.17, 15) is 4.79 Å². The molecule has 0 amide bonds. The van der Waals surface area contributed by atoms with Gasteiger partial charge in [-0.2, -0.15) is 0 Å². The zero-order chi connectivity index (χ0) is 18.1. The number of esters is 1. The van der Waals surface area contributed by atoms with Crippen LogP contribution in [0.4, 0.5) is 0 Å². The van der Waals surface area contributed by atoms with Gasteiger partial charge in [0.1, 0.15) is 0 Å². The molecule has 7 atom stereocenters. The Morgan fingerprint density at radius 2 is 1.80 bits per heavy atom. The number of ether oxygens (including phenoxy) is 1. The first-order valence-electron chi connectivity index (χ1n) is 10.6. The lowest BCUT2D eigenvalue weighted by Gasteiger charge is -2.64. The van der Waals surface area contributed by atoms with E-state index in [0.29, 0.717) is 29.4 Å². The molecule has 0 aromatic carbocycles. The van der Waals surface area contributed by atoms with Gasteiger partial charge in [0.2, 0.25) is 0 Å².